The summed E-state index contributed by atoms with van der Waals surface area (Å²) < 4.78 is 16.0. The quantitative estimate of drug-likeness (QED) is 0.741. The number of nitrogens with one attached hydrogen (secondary N) is 1. The van der Waals surface area contributed by atoms with Crippen LogP contribution in [0.2, 0.25) is 5.02 Å². The minimum Gasteiger partial charge on any atom is -0.610 e. The van der Waals surface area contributed by atoms with Crippen LogP contribution in [0.5, 0.6) is 0 Å². The lowest BCUT2D eigenvalue weighted by molar-refractivity contribution is 0.579. The first-order valence-corrected chi connectivity index (χ1v) is 8.10. The van der Waals surface area contributed by atoms with Gasteiger partial charge in [-0.2, -0.15) is 0 Å². The van der Waals surface area contributed by atoms with Crippen molar-refractivity contribution in [3.63, 3.8) is 0 Å². The van der Waals surface area contributed by atoms with E-state index in [4.69, 9.17) is 17.0 Å². The van der Waals surface area contributed by atoms with Crippen LogP contribution in [0.15, 0.2) is 53.4 Å². The van der Waals surface area contributed by atoms with Crippen LogP contribution in [-0.2, 0) is 24.1 Å². The van der Waals surface area contributed by atoms with Crippen molar-refractivity contribution in [2.45, 2.75) is 10.8 Å². The Balaban J connectivity index is 2.00. The van der Waals surface area contributed by atoms with Gasteiger partial charge in [0.2, 0.25) is 5.62 Å². The maximum atomic E-state index is 12.5. The number of fused-ring (bicyclic) bond motifs is 1. The van der Waals surface area contributed by atoms with E-state index >= 15 is 0 Å². The topological polar surface area (TPSA) is 56.8 Å². The Bertz CT molecular complexity index is 838. The standard InChI is InChI=1S/C15H14ClN3OS/c1-18-13-4-2-3-5-14(13)19(15(18)17)10-21(20)12-8-6-11(16)7-9-12/h2-9,17H,10H2,1H3. The van der Waals surface area contributed by atoms with Gasteiger partial charge in [-0.25, -0.2) is 0 Å². The van der Waals surface area contributed by atoms with E-state index in [0.29, 0.717) is 15.5 Å². The summed E-state index contributed by atoms with van der Waals surface area (Å²) in [5.41, 5.74) is 2.20. The highest BCUT2D eigenvalue weighted by molar-refractivity contribution is 7.90. The van der Waals surface area contributed by atoms with Gasteiger partial charge in [-0.15, -0.1) is 0 Å². The van der Waals surface area contributed by atoms with Gasteiger partial charge < -0.3 is 9.12 Å². The normalized spacial score (nSPS) is 12.7. The molecular weight excluding hydrogens is 306 g/mol. The maximum Gasteiger partial charge on any atom is 0.206 e. The number of para-hydroxylation sites is 2. The van der Waals surface area contributed by atoms with E-state index in [1.165, 1.54) is 0 Å². The fraction of sp³-hybridized carbons (Fsp3) is 0.133. The molecule has 2 aromatic carbocycles. The van der Waals surface area contributed by atoms with E-state index in [1.54, 1.807) is 33.4 Å². The molecule has 1 N–H and O–H groups in total. The molecule has 1 unspecified atom stereocenters. The molecule has 108 valence electrons. The number of hydrogen-bond donors (Lipinski definition) is 1. The van der Waals surface area contributed by atoms with Gasteiger partial charge in [0.15, 0.2) is 10.8 Å². The second kappa shape index (κ2) is 5.60. The number of nitrogens with zero attached hydrogens (tertiary/aromatic N) is 2. The van der Waals surface area contributed by atoms with Gasteiger partial charge in [-0.1, -0.05) is 23.7 Å². The van der Waals surface area contributed by atoms with Gasteiger partial charge in [0.25, 0.3) is 0 Å². The number of halogens is 1. The molecule has 0 bridgehead atoms. The van der Waals surface area contributed by atoms with Crippen molar-refractivity contribution >= 4 is 33.8 Å². The fourth-order valence-corrected chi connectivity index (χ4v) is 3.50. The number of hydrogen-bond acceptors (Lipinski definition) is 2. The highest BCUT2D eigenvalue weighted by Crippen LogP contribution is 2.18. The summed E-state index contributed by atoms with van der Waals surface area (Å²) in [4.78, 5) is 0.708. The highest BCUT2D eigenvalue weighted by atomic mass is 35.5. The van der Waals surface area contributed by atoms with Crippen LogP contribution < -0.4 is 5.62 Å². The number of imidazole rings is 1. The van der Waals surface area contributed by atoms with Crippen LogP contribution in [0.3, 0.4) is 0 Å². The SMILES string of the molecule is Cn1c(=N)n(C[S+]([O-])c2ccc(Cl)cc2)c2ccccc21. The average Bonchev–Trinajstić information content (AvgIpc) is 2.73. The molecule has 0 spiro atoms. The van der Waals surface area contributed by atoms with Gasteiger partial charge in [0, 0.05) is 23.2 Å². The van der Waals surface area contributed by atoms with Gasteiger partial charge in [-0.3, -0.25) is 9.98 Å². The minimum absolute atomic E-state index is 0.252. The minimum atomic E-state index is -1.22. The first-order chi connectivity index (χ1) is 10.1. The van der Waals surface area contributed by atoms with Crippen LogP contribution in [0.4, 0.5) is 0 Å². The summed E-state index contributed by atoms with van der Waals surface area (Å²) in [6.07, 6.45) is 0. The molecule has 0 amide bonds. The summed E-state index contributed by atoms with van der Waals surface area (Å²) in [5.74, 6) is 0.252. The Hall–Kier alpha value is -1.69. The molecule has 0 radical (unpaired) electrons. The Morgan fingerprint density at radius 1 is 1.10 bits per heavy atom. The number of benzene rings is 2. The van der Waals surface area contributed by atoms with E-state index in [0.717, 1.165) is 11.0 Å². The van der Waals surface area contributed by atoms with Crippen LogP contribution in [0, 0.1) is 5.41 Å². The highest BCUT2D eigenvalue weighted by Gasteiger charge is 2.16. The van der Waals surface area contributed by atoms with Gasteiger partial charge in [-0.05, 0) is 36.4 Å². The number of aryl methyl sites for hydroxylation is 1. The Morgan fingerprint density at radius 3 is 2.38 bits per heavy atom. The summed E-state index contributed by atoms with van der Waals surface area (Å²) in [6, 6.07) is 14.7. The van der Waals surface area contributed by atoms with E-state index in [2.05, 4.69) is 0 Å². The maximum absolute atomic E-state index is 12.5. The summed E-state index contributed by atoms with van der Waals surface area (Å²) in [6.45, 7) is 0. The zero-order valence-corrected chi connectivity index (χ0v) is 13.0. The van der Waals surface area contributed by atoms with Crippen molar-refractivity contribution < 1.29 is 4.55 Å². The lowest BCUT2D eigenvalue weighted by Crippen LogP contribution is -2.26. The Morgan fingerprint density at radius 2 is 1.71 bits per heavy atom. The van der Waals surface area contributed by atoms with E-state index in [-0.39, 0.29) is 5.88 Å². The molecule has 0 saturated carbocycles. The van der Waals surface area contributed by atoms with Crippen LogP contribution in [0.25, 0.3) is 11.0 Å². The van der Waals surface area contributed by atoms with E-state index in [1.807, 2.05) is 31.3 Å². The van der Waals surface area contributed by atoms with Crippen molar-refractivity contribution in [3.8, 4) is 0 Å². The Kier molecular flexibility index (Phi) is 3.80. The zero-order chi connectivity index (χ0) is 15.0. The van der Waals surface area contributed by atoms with Crippen molar-refractivity contribution in [2.75, 3.05) is 0 Å². The average molecular weight is 320 g/mol. The van der Waals surface area contributed by atoms with E-state index in [9.17, 15) is 4.55 Å². The van der Waals surface area contributed by atoms with Crippen molar-refractivity contribution in [1.29, 1.82) is 5.41 Å². The molecule has 4 nitrogen and oxygen atoms in total. The lowest BCUT2D eigenvalue weighted by Gasteiger charge is -2.11. The molecule has 1 aromatic heterocycles. The Labute approximate surface area is 130 Å². The lowest BCUT2D eigenvalue weighted by atomic mass is 10.3. The summed E-state index contributed by atoms with van der Waals surface area (Å²) in [5, 5.41) is 8.80. The summed E-state index contributed by atoms with van der Waals surface area (Å²) in [7, 11) is 1.84. The van der Waals surface area contributed by atoms with Crippen molar-refractivity contribution in [3.05, 3.63) is 59.2 Å². The molecule has 1 heterocycles. The molecule has 3 rings (SSSR count). The number of rotatable bonds is 3. The molecule has 21 heavy (non-hydrogen) atoms. The fourth-order valence-electron chi connectivity index (χ4n) is 2.29. The van der Waals surface area contributed by atoms with E-state index < -0.39 is 11.2 Å². The molecular formula is C15H14ClN3OS. The first kappa shape index (κ1) is 14.3. The smallest absolute Gasteiger partial charge is 0.206 e. The largest absolute Gasteiger partial charge is 0.610 e. The van der Waals surface area contributed by atoms with Crippen molar-refractivity contribution in [1.82, 2.24) is 9.13 Å². The monoisotopic (exact) mass is 319 g/mol. The first-order valence-electron chi connectivity index (χ1n) is 6.41. The van der Waals surface area contributed by atoms with Gasteiger partial charge in [0.1, 0.15) is 0 Å². The number of aromatic nitrogens is 2. The molecule has 0 saturated heterocycles. The van der Waals surface area contributed by atoms with Crippen LogP contribution in [0.1, 0.15) is 0 Å². The van der Waals surface area contributed by atoms with Crippen LogP contribution in [-0.4, -0.2) is 13.7 Å². The molecule has 0 aliphatic heterocycles. The van der Waals surface area contributed by atoms with Crippen LogP contribution >= 0.6 is 11.6 Å². The molecule has 0 fully saturated rings. The summed E-state index contributed by atoms with van der Waals surface area (Å²) >= 11 is 4.62. The molecule has 1 atom stereocenters. The third kappa shape index (κ3) is 2.60. The zero-order valence-electron chi connectivity index (χ0n) is 11.4. The molecule has 3 aromatic rings. The molecule has 6 heteroatoms. The second-order valence-corrected chi connectivity index (χ2v) is 6.58. The predicted molar refractivity (Wildman–Crippen MR) is 84.6 cm³/mol. The van der Waals surface area contributed by atoms with Gasteiger partial charge >= 0.3 is 0 Å². The molecule has 0 aliphatic rings. The second-order valence-electron chi connectivity index (χ2n) is 4.73. The third-order valence-electron chi connectivity index (χ3n) is 3.43. The predicted octanol–water partition coefficient (Wildman–Crippen LogP) is 2.88. The molecule has 0 aliphatic carbocycles. The van der Waals surface area contributed by atoms with Gasteiger partial charge in [0.05, 0.1) is 11.0 Å². The van der Waals surface area contributed by atoms with Crippen molar-refractivity contribution in [2.24, 2.45) is 7.05 Å². The third-order valence-corrected chi connectivity index (χ3v) is 4.97.